The summed E-state index contributed by atoms with van der Waals surface area (Å²) in [4.78, 5) is 49.2. The second-order valence-corrected chi connectivity index (χ2v) is 12.0. The fourth-order valence-corrected chi connectivity index (χ4v) is 6.20. The SMILES string of the molecule is COC1[C@@H](OP(O)(=S)OC[C@H]2O[C@@H](n3cnc4c(N)ncnc43)CC2C)[C@@H](CO)O[C@H]1n1ccc(=O)[nH]c1=O. The standard InChI is InChI=1S/C21H28N7O9PS/c1-10-5-14(28-9-25-15-18(22)23-8-24-19(15)28)35-12(10)7-34-38(32,39)37-16-11(6-29)36-20(17(16)33-2)27-4-3-13(30)26-21(27)31/h3-4,8-12,14,16-17,20,29H,5-7H2,1-2H3,(H,32,39)(H2,22,23,24)(H,26,30,31)/t10?,11-,12-,14-,16+,17?,20-,38?/m1/s1. The maximum absolute atomic E-state index is 12.3. The number of methoxy groups -OCH3 is 1. The lowest BCUT2D eigenvalue weighted by Gasteiger charge is -2.27. The molecular weight excluding hydrogens is 557 g/mol. The number of nitrogens with two attached hydrogens (primary N) is 1. The number of aliphatic hydroxyl groups is 1. The van der Waals surface area contributed by atoms with E-state index >= 15 is 0 Å². The summed E-state index contributed by atoms with van der Waals surface area (Å²) in [6.45, 7) is -2.53. The van der Waals surface area contributed by atoms with Gasteiger partial charge in [0.1, 0.15) is 36.4 Å². The van der Waals surface area contributed by atoms with Gasteiger partial charge < -0.3 is 34.5 Å². The topological polar surface area (TPSA) is 211 Å². The van der Waals surface area contributed by atoms with Gasteiger partial charge in [-0.25, -0.2) is 19.7 Å². The number of hydrogen-bond donors (Lipinski definition) is 4. The Hall–Kier alpha value is -2.60. The molecule has 39 heavy (non-hydrogen) atoms. The molecule has 0 aliphatic carbocycles. The molecule has 8 atom stereocenters. The molecule has 3 unspecified atom stereocenters. The highest BCUT2D eigenvalue weighted by Gasteiger charge is 2.49. The second-order valence-electron chi connectivity index (χ2n) is 9.22. The van der Waals surface area contributed by atoms with Crippen molar-refractivity contribution in [3.8, 4) is 0 Å². The van der Waals surface area contributed by atoms with E-state index in [1.54, 1.807) is 10.9 Å². The highest BCUT2D eigenvalue weighted by molar-refractivity contribution is 8.07. The van der Waals surface area contributed by atoms with Crippen molar-refractivity contribution in [2.24, 2.45) is 5.92 Å². The summed E-state index contributed by atoms with van der Waals surface area (Å²) in [6.07, 6.45) is -0.195. The Kier molecular flexibility index (Phi) is 7.96. The number of aromatic nitrogens is 6. The molecule has 0 saturated carbocycles. The van der Waals surface area contributed by atoms with Gasteiger partial charge in [-0.15, -0.1) is 0 Å². The number of aromatic amines is 1. The Morgan fingerprint density at radius 1 is 1.23 bits per heavy atom. The number of nitrogens with one attached hydrogen (secondary N) is 1. The number of hydrogen-bond acceptors (Lipinski definition) is 13. The minimum Gasteiger partial charge on any atom is -0.394 e. The van der Waals surface area contributed by atoms with Crippen LogP contribution in [0.1, 0.15) is 25.8 Å². The first-order chi connectivity index (χ1) is 18.6. The van der Waals surface area contributed by atoms with Gasteiger partial charge in [-0.05, 0) is 24.1 Å². The molecule has 5 N–H and O–H groups in total. The minimum absolute atomic E-state index is 0.0184. The van der Waals surface area contributed by atoms with E-state index in [1.165, 1.54) is 19.6 Å². The molecular formula is C21H28N7O9PS. The normalized spacial score (nSPS) is 30.6. The average Bonchev–Trinajstić information content (AvgIpc) is 3.58. The van der Waals surface area contributed by atoms with Crippen LogP contribution in [0, 0.1) is 5.92 Å². The Morgan fingerprint density at radius 3 is 2.74 bits per heavy atom. The third-order valence-electron chi connectivity index (χ3n) is 6.76. The number of anilines is 1. The predicted molar refractivity (Wildman–Crippen MR) is 138 cm³/mol. The third kappa shape index (κ3) is 5.54. The quantitative estimate of drug-likeness (QED) is 0.231. The van der Waals surface area contributed by atoms with Crippen LogP contribution in [0.25, 0.3) is 11.2 Å². The van der Waals surface area contributed by atoms with Crippen LogP contribution in [0.5, 0.6) is 0 Å². The molecule has 16 nitrogen and oxygen atoms in total. The minimum atomic E-state index is -3.90. The molecule has 5 rings (SSSR count). The lowest BCUT2D eigenvalue weighted by atomic mass is 10.0. The first kappa shape index (κ1) is 27.9. The Balaban J connectivity index is 1.26. The number of nitrogens with zero attached hydrogens (tertiary/aromatic N) is 5. The van der Waals surface area contributed by atoms with Crippen LogP contribution in [0.2, 0.25) is 0 Å². The van der Waals surface area contributed by atoms with Gasteiger partial charge in [-0.2, -0.15) is 0 Å². The fourth-order valence-electron chi connectivity index (χ4n) is 4.76. The van der Waals surface area contributed by atoms with Crippen molar-refractivity contribution in [3.63, 3.8) is 0 Å². The number of nitrogen functional groups attached to an aromatic ring is 1. The summed E-state index contributed by atoms with van der Waals surface area (Å²) in [7, 11) is 1.35. The Bertz CT molecular complexity index is 1500. The molecule has 0 bridgehead atoms. The molecule has 212 valence electrons. The van der Waals surface area contributed by atoms with E-state index in [-0.39, 0.29) is 18.3 Å². The summed E-state index contributed by atoms with van der Waals surface area (Å²) >= 11 is 5.25. The molecule has 3 aromatic heterocycles. The van der Waals surface area contributed by atoms with Gasteiger partial charge >= 0.3 is 12.4 Å². The molecule has 2 saturated heterocycles. The molecule has 5 heterocycles. The van der Waals surface area contributed by atoms with Gasteiger partial charge in [0.25, 0.3) is 5.56 Å². The monoisotopic (exact) mass is 585 g/mol. The van der Waals surface area contributed by atoms with Crippen LogP contribution >= 0.6 is 6.72 Å². The zero-order valence-electron chi connectivity index (χ0n) is 20.9. The zero-order chi connectivity index (χ0) is 27.9. The number of aliphatic hydroxyl groups excluding tert-OH is 1. The van der Waals surface area contributed by atoms with Crippen LogP contribution in [0.15, 0.2) is 34.5 Å². The van der Waals surface area contributed by atoms with Gasteiger partial charge in [0, 0.05) is 19.4 Å². The third-order valence-corrected chi connectivity index (χ3v) is 8.32. The van der Waals surface area contributed by atoms with Gasteiger partial charge in [0.05, 0.1) is 25.6 Å². The first-order valence-electron chi connectivity index (χ1n) is 12.0. The van der Waals surface area contributed by atoms with Crippen molar-refractivity contribution in [3.05, 3.63) is 45.8 Å². The van der Waals surface area contributed by atoms with Crippen molar-refractivity contribution in [2.75, 3.05) is 26.1 Å². The maximum Gasteiger partial charge on any atom is 0.330 e. The lowest BCUT2D eigenvalue weighted by Crippen LogP contribution is -2.39. The predicted octanol–water partition coefficient (Wildman–Crippen LogP) is -0.594. The maximum atomic E-state index is 12.3. The molecule has 3 aromatic rings. The molecule has 2 fully saturated rings. The highest BCUT2D eigenvalue weighted by Crippen LogP contribution is 2.50. The second kappa shape index (κ2) is 11.1. The number of imidazole rings is 1. The molecule has 2 aliphatic rings. The molecule has 18 heteroatoms. The summed E-state index contributed by atoms with van der Waals surface area (Å²) in [5.41, 5.74) is 5.56. The van der Waals surface area contributed by atoms with Crippen molar-refractivity contribution in [2.45, 2.75) is 50.2 Å². The Morgan fingerprint density at radius 2 is 2.03 bits per heavy atom. The van der Waals surface area contributed by atoms with Crippen LogP contribution in [-0.4, -0.2) is 83.8 Å². The Labute approximate surface area is 225 Å². The van der Waals surface area contributed by atoms with E-state index in [1.807, 2.05) is 6.92 Å². The van der Waals surface area contributed by atoms with E-state index in [4.69, 9.17) is 40.8 Å². The largest absolute Gasteiger partial charge is 0.394 e. The van der Waals surface area contributed by atoms with Crippen LogP contribution in [-0.2, 0) is 35.1 Å². The summed E-state index contributed by atoms with van der Waals surface area (Å²) < 4.78 is 31.7. The van der Waals surface area contributed by atoms with Gasteiger partial charge in [0.15, 0.2) is 17.7 Å². The van der Waals surface area contributed by atoms with Crippen molar-refractivity contribution < 1.29 is 33.3 Å². The molecule has 0 spiro atoms. The van der Waals surface area contributed by atoms with E-state index < -0.39 is 61.4 Å². The summed E-state index contributed by atoms with van der Waals surface area (Å²) in [6, 6.07) is 1.14. The molecule has 0 amide bonds. The first-order valence-corrected chi connectivity index (χ1v) is 14.6. The van der Waals surface area contributed by atoms with E-state index in [0.29, 0.717) is 17.6 Å². The van der Waals surface area contributed by atoms with Crippen molar-refractivity contribution in [1.82, 2.24) is 29.1 Å². The zero-order valence-corrected chi connectivity index (χ0v) is 22.6. The van der Waals surface area contributed by atoms with Gasteiger partial charge in [-0.3, -0.25) is 23.4 Å². The fraction of sp³-hybridized carbons (Fsp3) is 0.571. The van der Waals surface area contributed by atoms with Crippen LogP contribution in [0.3, 0.4) is 0 Å². The van der Waals surface area contributed by atoms with Crippen molar-refractivity contribution >= 4 is 35.5 Å². The number of ether oxygens (including phenoxy) is 3. The summed E-state index contributed by atoms with van der Waals surface area (Å²) in [5, 5.41) is 9.88. The van der Waals surface area contributed by atoms with Crippen LogP contribution in [0.4, 0.5) is 5.82 Å². The number of H-pyrrole nitrogens is 1. The van der Waals surface area contributed by atoms with Gasteiger partial charge in [-0.1, -0.05) is 6.92 Å². The smallest absolute Gasteiger partial charge is 0.330 e. The molecule has 2 aliphatic heterocycles. The van der Waals surface area contributed by atoms with E-state index in [2.05, 4.69) is 19.9 Å². The number of fused-ring (bicyclic) bond motifs is 1. The average molecular weight is 586 g/mol. The van der Waals surface area contributed by atoms with E-state index in [9.17, 15) is 19.6 Å². The van der Waals surface area contributed by atoms with Gasteiger partial charge in [0.2, 0.25) is 0 Å². The molecule has 0 aromatic carbocycles. The van der Waals surface area contributed by atoms with E-state index in [0.717, 1.165) is 10.6 Å². The number of rotatable bonds is 9. The van der Waals surface area contributed by atoms with Crippen LogP contribution < -0.4 is 17.0 Å². The molecule has 0 radical (unpaired) electrons. The lowest BCUT2D eigenvalue weighted by molar-refractivity contribution is -0.0625. The highest BCUT2D eigenvalue weighted by atomic mass is 32.5. The van der Waals surface area contributed by atoms with Crippen molar-refractivity contribution in [1.29, 1.82) is 0 Å². The summed E-state index contributed by atoms with van der Waals surface area (Å²) in [5.74, 6) is 0.284.